The summed E-state index contributed by atoms with van der Waals surface area (Å²) < 4.78 is 12.4. The third-order valence-electron chi connectivity index (χ3n) is 8.07. The molecule has 0 spiro atoms. The lowest BCUT2D eigenvalue weighted by molar-refractivity contribution is -0.129. The largest absolute Gasteiger partial charge is 0.494 e. The van der Waals surface area contributed by atoms with Crippen LogP contribution >= 0.6 is 0 Å². The number of hydrogen-bond donors (Lipinski definition) is 3. The molecule has 1 heterocycles. The number of nitrogens with zero attached hydrogens (tertiary/aromatic N) is 4. The van der Waals surface area contributed by atoms with Crippen LogP contribution in [0.1, 0.15) is 52.3 Å². The Hall–Kier alpha value is -5.41. The van der Waals surface area contributed by atoms with Crippen LogP contribution in [0.4, 0.5) is 0 Å². The number of aliphatic hydroxyl groups excluding tert-OH is 1. The lowest BCUT2D eigenvalue weighted by Crippen LogP contribution is -2.53. The van der Waals surface area contributed by atoms with E-state index in [2.05, 4.69) is 52.1 Å². The van der Waals surface area contributed by atoms with E-state index in [0.717, 1.165) is 23.1 Å². The molecular weight excluding hydrogens is 604 g/mol. The van der Waals surface area contributed by atoms with Gasteiger partial charge in [0.25, 0.3) is 5.91 Å². The SMILES string of the molecule is Cc1ccc(CCNNC(=O)[C@@]2(C/C=C/c3ccccc3)N=C(c3ccc(OCCCO)cc3)O[C@H]2c2ccccc2CN=[N+]=[N-])cc1. The molecule has 1 amide bonds. The van der Waals surface area contributed by atoms with Crippen molar-refractivity contribution in [2.75, 3.05) is 19.8 Å². The molecule has 10 heteroatoms. The van der Waals surface area contributed by atoms with Gasteiger partial charge in [-0.25, -0.2) is 10.4 Å². The van der Waals surface area contributed by atoms with E-state index in [4.69, 9.17) is 25.1 Å². The van der Waals surface area contributed by atoms with Crippen LogP contribution in [0, 0.1) is 6.92 Å². The molecule has 2 atom stereocenters. The number of nitrogens with one attached hydrogen (secondary N) is 2. The maximum absolute atomic E-state index is 14.4. The molecule has 0 aliphatic carbocycles. The molecule has 1 aliphatic heterocycles. The summed E-state index contributed by atoms with van der Waals surface area (Å²) in [6.45, 7) is 3.10. The van der Waals surface area contributed by atoms with E-state index in [1.165, 1.54) is 5.56 Å². The van der Waals surface area contributed by atoms with Gasteiger partial charge in [0.05, 0.1) is 13.2 Å². The summed E-state index contributed by atoms with van der Waals surface area (Å²) in [6.07, 6.45) is 4.55. The average Bonchev–Trinajstić information content (AvgIpc) is 3.51. The van der Waals surface area contributed by atoms with Crippen molar-refractivity contribution in [3.8, 4) is 5.75 Å². The van der Waals surface area contributed by atoms with Crippen molar-refractivity contribution in [1.82, 2.24) is 10.9 Å². The molecule has 0 fully saturated rings. The molecule has 0 unspecified atom stereocenters. The lowest BCUT2D eigenvalue weighted by atomic mass is 9.82. The summed E-state index contributed by atoms with van der Waals surface area (Å²) in [5.74, 6) is 0.602. The number of aliphatic imine (C=N–C) groups is 1. The van der Waals surface area contributed by atoms with Gasteiger partial charge in [0.15, 0.2) is 11.6 Å². The van der Waals surface area contributed by atoms with E-state index >= 15 is 0 Å². The second kappa shape index (κ2) is 16.9. The van der Waals surface area contributed by atoms with Crippen LogP contribution in [0.2, 0.25) is 0 Å². The number of carbonyl (C=O) groups is 1. The first-order chi connectivity index (χ1) is 23.5. The fourth-order valence-corrected chi connectivity index (χ4v) is 5.49. The Morgan fingerprint density at radius 2 is 1.79 bits per heavy atom. The summed E-state index contributed by atoms with van der Waals surface area (Å²) >= 11 is 0. The van der Waals surface area contributed by atoms with Crippen molar-refractivity contribution >= 4 is 17.9 Å². The van der Waals surface area contributed by atoms with Gasteiger partial charge in [0, 0.05) is 36.5 Å². The van der Waals surface area contributed by atoms with Gasteiger partial charge in [-0.3, -0.25) is 10.2 Å². The molecule has 0 bridgehead atoms. The fraction of sp³-hybridized carbons (Fsp3) is 0.263. The molecule has 4 aromatic rings. The van der Waals surface area contributed by atoms with Gasteiger partial charge in [-0.15, -0.1) is 0 Å². The summed E-state index contributed by atoms with van der Waals surface area (Å²) in [7, 11) is 0. The number of aryl methyl sites for hydroxylation is 1. The first-order valence-electron chi connectivity index (χ1n) is 16.0. The number of amides is 1. The second-order valence-corrected chi connectivity index (χ2v) is 11.5. The number of hydrazine groups is 1. The number of aliphatic hydroxyl groups is 1. The number of benzene rings is 4. The van der Waals surface area contributed by atoms with Crippen LogP contribution in [-0.2, 0) is 22.5 Å². The number of azide groups is 1. The Kier molecular flexibility index (Phi) is 12.0. The van der Waals surface area contributed by atoms with Gasteiger partial charge in [-0.05, 0) is 65.4 Å². The highest BCUT2D eigenvalue weighted by Gasteiger charge is 2.53. The van der Waals surface area contributed by atoms with Gasteiger partial charge >= 0.3 is 0 Å². The standard InChI is InChI=1S/C38H40N6O4/c1-28-14-16-30(17-15-28)22-24-40-43-37(46)38(23-7-11-29-9-3-2-4-10-29)35(34-13-6-5-12-32(34)27-41-44-39)48-36(42-38)31-18-20-33(21-19-31)47-26-8-25-45/h2-7,9-21,35,40,45H,8,22-27H2,1H3,(H,43,46)/b11-7+/t35-,38-/m0/s1. The first-order valence-corrected chi connectivity index (χ1v) is 16.0. The van der Waals surface area contributed by atoms with E-state index < -0.39 is 11.6 Å². The van der Waals surface area contributed by atoms with Gasteiger partial charge in [0.1, 0.15) is 5.75 Å². The Balaban J connectivity index is 1.50. The lowest BCUT2D eigenvalue weighted by Gasteiger charge is -2.31. The third-order valence-corrected chi connectivity index (χ3v) is 8.07. The van der Waals surface area contributed by atoms with E-state index in [-0.39, 0.29) is 25.5 Å². The number of carbonyl (C=O) groups excluding carboxylic acids is 1. The van der Waals surface area contributed by atoms with E-state index in [1.54, 1.807) is 0 Å². The molecule has 3 N–H and O–H groups in total. The third kappa shape index (κ3) is 8.68. The van der Waals surface area contributed by atoms with E-state index in [1.807, 2.05) is 91.0 Å². The average molecular weight is 645 g/mol. The highest BCUT2D eigenvalue weighted by Crippen LogP contribution is 2.44. The molecule has 246 valence electrons. The van der Waals surface area contributed by atoms with Crippen LogP contribution in [0.5, 0.6) is 5.75 Å². The molecule has 0 radical (unpaired) electrons. The summed E-state index contributed by atoms with van der Waals surface area (Å²) in [5, 5.41) is 12.9. The van der Waals surface area contributed by atoms with Gasteiger partial charge in [0.2, 0.25) is 5.90 Å². The Morgan fingerprint density at radius 3 is 2.54 bits per heavy atom. The first kappa shape index (κ1) is 33.9. The predicted octanol–water partition coefficient (Wildman–Crippen LogP) is 6.79. The monoisotopic (exact) mass is 644 g/mol. The van der Waals surface area contributed by atoms with E-state index in [0.29, 0.717) is 42.3 Å². The molecule has 48 heavy (non-hydrogen) atoms. The highest BCUT2D eigenvalue weighted by atomic mass is 16.5. The molecular formula is C38H40N6O4. The molecule has 4 aromatic carbocycles. The zero-order valence-corrected chi connectivity index (χ0v) is 27.0. The second-order valence-electron chi connectivity index (χ2n) is 11.5. The highest BCUT2D eigenvalue weighted by molar-refractivity contribution is 6.01. The molecule has 0 saturated heterocycles. The van der Waals surface area contributed by atoms with Crippen molar-refractivity contribution < 1.29 is 19.4 Å². The minimum atomic E-state index is -1.42. The predicted molar refractivity (Wildman–Crippen MR) is 187 cm³/mol. The Bertz CT molecular complexity index is 1750. The summed E-state index contributed by atoms with van der Waals surface area (Å²) in [6, 6.07) is 32.9. The Labute approximate surface area is 280 Å². The van der Waals surface area contributed by atoms with Crippen LogP contribution in [0.15, 0.2) is 119 Å². The number of hydrogen-bond acceptors (Lipinski definition) is 7. The summed E-state index contributed by atoms with van der Waals surface area (Å²) in [5.41, 5.74) is 19.2. The molecule has 10 nitrogen and oxygen atoms in total. The van der Waals surface area contributed by atoms with Crippen LogP contribution in [0.3, 0.4) is 0 Å². The van der Waals surface area contributed by atoms with Gasteiger partial charge in [-0.2, -0.15) is 0 Å². The zero-order chi connectivity index (χ0) is 33.6. The normalized spacial score (nSPS) is 17.0. The topological polar surface area (TPSA) is 141 Å². The van der Waals surface area contributed by atoms with Crippen LogP contribution in [0.25, 0.3) is 16.5 Å². The Morgan fingerprint density at radius 1 is 1.04 bits per heavy atom. The molecule has 0 aromatic heterocycles. The molecule has 1 aliphatic rings. The van der Waals surface area contributed by atoms with Crippen molar-refractivity contribution in [1.29, 1.82) is 0 Å². The molecule has 5 rings (SSSR count). The minimum Gasteiger partial charge on any atom is -0.494 e. The van der Waals surface area contributed by atoms with Crippen LogP contribution in [-0.4, -0.2) is 42.2 Å². The molecule has 0 saturated carbocycles. The quantitative estimate of drug-likeness (QED) is 0.0405. The zero-order valence-electron chi connectivity index (χ0n) is 27.0. The minimum absolute atomic E-state index is 0.0505. The van der Waals surface area contributed by atoms with Crippen molar-refractivity contribution in [3.63, 3.8) is 0 Å². The van der Waals surface area contributed by atoms with Crippen molar-refractivity contribution in [2.24, 2.45) is 10.1 Å². The maximum atomic E-state index is 14.4. The van der Waals surface area contributed by atoms with E-state index in [9.17, 15) is 4.79 Å². The number of ether oxygens (including phenoxy) is 2. The smallest absolute Gasteiger partial charge is 0.266 e. The summed E-state index contributed by atoms with van der Waals surface area (Å²) in [4.78, 5) is 22.5. The fourth-order valence-electron chi connectivity index (χ4n) is 5.49. The number of rotatable bonds is 16. The van der Waals surface area contributed by atoms with Gasteiger partial charge < -0.3 is 14.6 Å². The maximum Gasteiger partial charge on any atom is 0.266 e. The van der Waals surface area contributed by atoms with Crippen LogP contribution < -0.4 is 15.6 Å². The van der Waals surface area contributed by atoms with Crippen molar-refractivity contribution in [2.45, 2.75) is 44.4 Å². The van der Waals surface area contributed by atoms with Crippen molar-refractivity contribution in [3.05, 3.63) is 153 Å². The van der Waals surface area contributed by atoms with Gasteiger partial charge in [-0.1, -0.05) is 102 Å².